The van der Waals surface area contributed by atoms with Crippen LogP contribution < -0.4 is 5.32 Å². The third-order valence-corrected chi connectivity index (χ3v) is 3.71. The van der Waals surface area contributed by atoms with E-state index in [2.05, 4.69) is 39.1 Å². The number of carbonyl (C=O) groups is 1. The van der Waals surface area contributed by atoms with Gasteiger partial charge in [0.1, 0.15) is 0 Å². The van der Waals surface area contributed by atoms with Crippen molar-refractivity contribution in [1.29, 1.82) is 0 Å². The van der Waals surface area contributed by atoms with Gasteiger partial charge in [-0.2, -0.15) is 0 Å². The van der Waals surface area contributed by atoms with Crippen LogP contribution in [0.5, 0.6) is 0 Å². The van der Waals surface area contributed by atoms with Gasteiger partial charge in [-0.15, -0.1) is 0 Å². The highest BCUT2D eigenvalue weighted by Gasteiger charge is 2.14. The molecule has 0 aromatic heterocycles. The summed E-state index contributed by atoms with van der Waals surface area (Å²) < 4.78 is 0. The third-order valence-electron chi connectivity index (χ3n) is 3.71. The molecule has 2 aromatic carbocycles. The summed E-state index contributed by atoms with van der Waals surface area (Å²) in [5.41, 5.74) is 4.39. The molecule has 0 heterocycles. The Kier molecular flexibility index (Phi) is 4.46. The maximum atomic E-state index is 12.2. The normalized spacial score (nSPS) is 11.2. The van der Waals surface area contributed by atoms with E-state index < -0.39 is 0 Å². The van der Waals surface area contributed by atoms with E-state index in [1.54, 1.807) is 0 Å². The number of benzene rings is 2. The molecular formula is C19H23NO. The van der Waals surface area contributed by atoms with Crippen molar-refractivity contribution in [2.24, 2.45) is 0 Å². The zero-order chi connectivity index (χ0) is 15.5. The summed E-state index contributed by atoms with van der Waals surface area (Å²) in [6.07, 6.45) is 0. The Balaban J connectivity index is 2.03. The predicted molar refractivity (Wildman–Crippen MR) is 87.5 cm³/mol. The van der Waals surface area contributed by atoms with E-state index in [0.29, 0.717) is 12.1 Å². The van der Waals surface area contributed by atoms with Crippen molar-refractivity contribution >= 4 is 5.91 Å². The summed E-state index contributed by atoms with van der Waals surface area (Å²) in [7, 11) is 0. The molecule has 110 valence electrons. The second-order valence-corrected chi connectivity index (χ2v) is 6.44. The lowest BCUT2D eigenvalue weighted by molar-refractivity contribution is 0.0951. The molecule has 2 aromatic rings. The summed E-state index contributed by atoms with van der Waals surface area (Å²) in [5.74, 6) is -0.0290. The molecule has 21 heavy (non-hydrogen) atoms. The Labute approximate surface area is 127 Å². The van der Waals surface area contributed by atoms with Gasteiger partial charge in [-0.1, -0.05) is 57.2 Å². The third kappa shape index (κ3) is 3.94. The fraction of sp³-hybridized carbons (Fsp3) is 0.316. The monoisotopic (exact) mass is 281 g/mol. The molecule has 0 aliphatic rings. The maximum absolute atomic E-state index is 12.2. The largest absolute Gasteiger partial charge is 0.348 e. The summed E-state index contributed by atoms with van der Waals surface area (Å²) in [5, 5.41) is 2.98. The van der Waals surface area contributed by atoms with E-state index in [9.17, 15) is 4.79 Å². The van der Waals surface area contributed by atoms with Gasteiger partial charge in [0, 0.05) is 12.1 Å². The van der Waals surface area contributed by atoms with Crippen LogP contribution >= 0.6 is 0 Å². The van der Waals surface area contributed by atoms with Gasteiger partial charge >= 0.3 is 0 Å². The van der Waals surface area contributed by atoms with E-state index in [0.717, 1.165) is 5.56 Å². The quantitative estimate of drug-likeness (QED) is 0.896. The first-order valence-electron chi connectivity index (χ1n) is 7.31. The van der Waals surface area contributed by atoms with Crippen molar-refractivity contribution in [3.63, 3.8) is 0 Å². The Morgan fingerprint density at radius 1 is 1.00 bits per heavy atom. The van der Waals surface area contributed by atoms with Crippen LogP contribution in [0.1, 0.15) is 47.8 Å². The lowest BCUT2D eigenvalue weighted by Gasteiger charge is -2.19. The van der Waals surface area contributed by atoms with E-state index in [1.807, 2.05) is 42.5 Å². The van der Waals surface area contributed by atoms with Crippen LogP contribution in [0.3, 0.4) is 0 Å². The van der Waals surface area contributed by atoms with Crippen molar-refractivity contribution in [3.05, 3.63) is 70.8 Å². The van der Waals surface area contributed by atoms with Gasteiger partial charge in [-0.3, -0.25) is 4.79 Å². The van der Waals surface area contributed by atoms with Gasteiger partial charge < -0.3 is 5.32 Å². The molecule has 2 rings (SSSR count). The first kappa shape index (κ1) is 15.3. The Morgan fingerprint density at radius 3 is 2.19 bits per heavy atom. The van der Waals surface area contributed by atoms with E-state index in [4.69, 9.17) is 0 Å². The number of hydrogen-bond donors (Lipinski definition) is 1. The van der Waals surface area contributed by atoms with Crippen molar-refractivity contribution in [3.8, 4) is 0 Å². The first-order valence-corrected chi connectivity index (χ1v) is 7.31. The molecule has 0 atom stereocenters. The minimum absolute atomic E-state index is 0.0290. The molecule has 1 amide bonds. The molecule has 2 nitrogen and oxygen atoms in total. The zero-order valence-corrected chi connectivity index (χ0v) is 13.2. The van der Waals surface area contributed by atoms with Gasteiger partial charge in [0.15, 0.2) is 0 Å². The summed E-state index contributed by atoms with van der Waals surface area (Å²) >= 11 is 0. The van der Waals surface area contributed by atoms with Crippen LogP contribution in [-0.4, -0.2) is 5.91 Å². The highest BCUT2D eigenvalue weighted by atomic mass is 16.1. The smallest absolute Gasteiger partial charge is 0.251 e. The van der Waals surface area contributed by atoms with Crippen molar-refractivity contribution in [2.75, 3.05) is 0 Å². The number of rotatable bonds is 3. The fourth-order valence-electron chi connectivity index (χ4n) is 2.21. The maximum Gasteiger partial charge on any atom is 0.251 e. The SMILES string of the molecule is Cc1ccccc1CNC(=O)c1ccc(C(C)(C)C)cc1. The van der Waals surface area contributed by atoms with E-state index in [-0.39, 0.29) is 11.3 Å². The van der Waals surface area contributed by atoms with Crippen LogP contribution in [0.15, 0.2) is 48.5 Å². The fourth-order valence-corrected chi connectivity index (χ4v) is 2.21. The lowest BCUT2D eigenvalue weighted by atomic mass is 9.87. The molecule has 0 saturated heterocycles. The molecule has 2 heteroatoms. The second-order valence-electron chi connectivity index (χ2n) is 6.44. The average molecular weight is 281 g/mol. The highest BCUT2D eigenvalue weighted by Crippen LogP contribution is 2.22. The minimum atomic E-state index is -0.0290. The molecule has 0 saturated carbocycles. The van der Waals surface area contributed by atoms with Crippen molar-refractivity contribution in [2.45, 2.75) is 39.7 Å². The number of nitrogens with one attached hydrogen (secondary N) is 1. The Morgan fingerprint density at radius 2 is 1.62 bits per heavy atom. The number of amides is 1. The molecule has 1 N–H and O–H groups in total. The van der Waals surface area contributed by atoms with E-state index >= 15 is 0 Å². The van der Waals surface area contributed by atoms with Crippen LogP contribution in [0, 0.1) is 6.92 Å². The van der Waals surface area contributed by atoms with Gasteiger partial charge in [-0.05, 0) is 41.2 Å². The van der Waals surface area contributed by atoms with Crippen LogP contribution in [0.25, 0.3) is 0 Å². The van der Waals surface area contributed by atoms with Crippen LogP contribution in [0.4, 0.5) is 0 Å². The summed E-state index contributed by atoms with van der Waals surface area (Å²) in [6.45, 7) is 9.12. The molecule has 0 bridgehead atoms. The van der Waals surface area contributed by atoms with Crippen LogP contribution in [-0.2, 0) is 12.0 Å². The van der Waals surface area contributed by atoms with Gasteiger partial charge in [0.25, 0.3) is 5.91 Å². The standard InChI is InChI=1S/C19H23NO/c1-14-7-5-6-8-16(14)13-20-18(21)15-9-11-17(12-10-15)19(2,3)4/h5-12H,13H2,1-4H3,(H,20,21). The number of hydrogen-bond acceptors (Lipinski definition) is 1. The van der Waals surface area contributed by atoms with Crippen molar-refractivity contribution < 1.29 is 4.79 Å². The second kappa shape index (κ2) is 6.13. The number of aryl methyl sites for hydroxylation is 1. The van der Waals surface area contributed by atoms with Crippen molar-refractivity contribution in [1.82, 2.24) is 5.32 Å². The predicted octanol–water partition coefficient (Wildman–Crippen LogP) is 4.22. The molecule has 0 aliphatic heterocycles. The molecule has 0 radical (unpaired) electrons. The van der Waals surface area contributed by atoms with Gasteiger partial charge in [0.2, 0.25) is 0 Å². The molecule has 0 aliphatic carbocycles. The first-order chi connectivity index (χ1) is 9.88. The van der Waals surface area contributed by atoms with Crippen LogP contribution in [0.2, 0.25) is 0 Å². The average Bonchev–Trinajstić information content (AvgIpc) is 2.45. The molecule has 0 unspecified atom stereocenters. The molecule has 0 spiro atoms. The Bertz CT molecular complexity index is 621. The van der Waals surface area contributed by atoms with Gasteiger partial charge in [0.05, 0.1) is 0 Å². The number of carbonyl (C=O) groups excluding carboxylic acids is 1. The molecular weight excluding hydrogens is 258 g/mol. The minimum Gasteiger partial charge on any atom is -0.348 e. The summed E-state index contributed by atoms with van der Waals surface area (Å²) in [6, 6.07) is 15.9. The lowest BCUT2D eigenvalue weighted by Crippen LogP contribution is -2.23. The van der Waals surface area contributed by atoms with Gasteiger partial charge in [-0.25, -0.2) is 0 Å². The zero-order valence-electron chi connectivity index (χ0n) is 13.2. The van der Waals surface area contributed by atoms with E-state index in [1.165, 1.54) is 11.1 Å². The topological polar surface area (TPSA) is 29.1 Å². The molecule has 0 fully saturated rings. The Hall–Kier alpha value is -2.09. The summed E-state index contributed by atoms with van der Waals surface area (Å²) in [4.78, 5) is 12.2. The highest BCUT2D eigenvalue weighted by molar-refractivity contribution is 5.94.